The normalized spacial score (nSPS) is 11.5. The molecule has 0 aliphatic heterocycles. The smallest absolute Gasteiger partial charge is 0.407 e. The second-order valence-electron chi connectivity index (χ2n) is 5.23. The van der Waals surface area contributed by atoms with Crippen molar-refractivity contribution in [2.75, 3.05) is 6.54 Å². The molecule has 5 heteroatoms. The quantitative estimate of drug-likeness (QED) is 0.823. The molecule has 0 aromatic heterocycles. The largest absolute Gasteiger partial charge is 0.445 e. The lowest BCUT2D eigenvalue weighted by Gasteiger charge is -2.14. The molecular weight excluding hydrogens is 292 g/mol. The van der Waals surface area contributed by atoms with Gasteiger partial charge in [-0.25, -0.2) is 4.79 Å². The van der Waals surface area contributed by atoms with Crippen LogP contribution in [-0.4, -0.2) is 18.5 Å². The zero-order chi connectivity index (χ0) is 16.5. The fourth-order valence-electron chi connectivity index (χ4n) is 2.15. The van der Waals surface area contributed by atoms with Crippen molar-refractivity contribution in [1.29, 1.82) is 0 Å². The number of benzene rings is 2. The highest BCUT2D eigenvalue weighted by atomic mass is 16.5. The molecule has 0 radical (unpaired) electrons. The standard InChI is InChI=1S/C18H20N2O3/c19-17(21)16(11-14-7-3-1-4-8-14)12-20-18(22)23-13-15-9-5-2-6-10-15/h1-10,16H,11-13H2,(H2,19,21)(H,20,22)/t16-/m1/s1. The number of nitrogens with two attached hydrogens (primary N) is 1. The minimum atomic E-state index is -0.562. The summed E-state index contributed by atoms with van der Waals surface area (Å²) in [5, 5.41) is 2.59. The van der Waals surface area contributed by atoms with Gasteiger partial charge in [0.2, 0.25) is 5.91 Å². The zero-order valence-electron chi connectivity index (χ0n) is 12.8. The number of hydrogen-bond acceptors (Lipinski definition) is 3. The van der Waals surface area contributed by atoms with Gasteiger partial charge in [0.05, 0.1) is 5.92 Å². The van der Waals surface area contributed by atoms with Gasteiger partial charge in [0, 0.05) is 6.54 Å². The van der Waals surface area contributed by atoms with Crippen LogP contribution in [0.5, 0.6) is 0 Å². The second-order valence-corrected chi connectivity index (χ2v) is 5.23. The van der Waals surface area contributed by atoms with E-state index in [1.54, 1.807) is 0 Å². The highest BCUT2D eigenvalue weighted by molar-refractivity contribution is 5.78. The Bertz CT molecular complexity index is 629. The van der Waals surface area contributed by atoms with Crippen molar-refractivity contribution in [3.8, 4) is 0 Å². The number of primary amides is 1. The van der Waals surface area contributed by atoms with E-state index in [0.717, 1.165) is 11.1 Å². The first-order chi connectivity index (χ1) is 11.1. The summed E-state index contributed by atoms with van der Waals surface area (Å²) in [6.07, 6.45) is -0.0806. The molecule has 5 nitrogen and oxygen atoms in total. The summed E-state index contributed by atoms with van der Waals surface area (Å²) in [7, 11) is 0. The number of alkyl carbamates (subject to hydrolysis) is 1. The SMILES string of the molecule is NC(=O)[C@@H](CNC(=O)OCc1ccccc1)Cc1ccccc1. The number of carbonyl (C=O) groups excluding carboxylic acids is 2. The van der Waals surface area contributed by atoms with Crippen LogP contribution in [0.25, 0.3) is 0 Å². The van der Waals surface area contributed by atoms with Crippen LogP contribution in [0.15, 0.2) is 60.7 Å². The molecule has 0 bridgehead atoms. The van der Waals surface area contributed by atoms with Gasteiger partial charge in [-0.2, -0.15) is 0 Å². The van der Waals surface area contributed by atoms with Gasteiger partial charge in [-0.05, 0) is 17.5 Å². The van der Waals surface area contributed by atoms with Crippen LogP contribution < -0.4 is 11.1 Å². The number of amides is 2. The Hall–Kier alpha value is -2.82. The van der Waals surface area contributed by atoms with Crippen LogP contribution >= 0.6 is 0 Å². The molecule has 1 atom stereocenters. The Morgan fingerprint density at radius 3 is 2.09 bits per heavy atom. The number of carbonyl (C=O) groups is 2. The third-order valence-electron chi connectivity index (χ3n) is 3.43. The Morgan fingerprint density at radius 1 is 0.957 bits per heavy atom. The fraction of sp³-hybridized carbons (Fsp3) is 0.222. The Balaban J connectivity index is 1.79. The van der Waals surface area contributed by atoms with Crippen LogP contribution in [0.2, 0.25) is 0 Å². The molecule has 0 heterocycles. The summed E-state index contributed by atoms with van der Waals surface area (Å²) < 4.78 is 5.11. The predicted octanol–water partition coefficient (Wildman–Crippen LogP) is 2.26. The van der Waals surface area contributed by atoms with Crippen molar-refractivity contribution in [2.24, 2.45) is 11.7 Å². The van der Waals surface area contributed by atoms with Crippen molar-refractivity contribution in [3.63, 3.8) is 0 Å². The molecule has 120 valence electrons. The first kappa shape index (κ1) is 16.5. The van der Waals surface area contributed by atoms with E-state index in [0.29, 0.717) is 6.42 Å². The van der Waals surface area contributed by atoms with E-state index in [4.69, 9.17) is 10.5 Å². The minimum absolute atomic E-state index is 0.151. The third kappa shape index (κ3) is 5.82. The molecule has 2 amide bonds. The lowest BCUT2D eigenvalue weighted by molar-refractivity contribution is -0.121. The fourth-order valence-corrected chi connectivity index (χ4v) is 2.15. The van der Waals surface area contributed by atoms with Crippen LogP contribution in [0.3, 0.4) is 0 Å². The maximum Gasteiger partial charge on any atom is 0.407 e. The van der Waals surface area contributed by atoms with E-state index in [2.05, 4.69) is 5.32 Å². The molecule has 2 aromatic carbocycles. The van der Waals surface area contributed by atoms with Gasteiger partial charge >= 0.3 is 6.09 Å². The molecule has 0 saturated heterocycles. The lowest BCUT2D eigenvalue weighted by Crippen LogP contribution is -2.37. The molecule has 2 rings (SSSR count). The summed E-state index contributed by atoms with van der Waals surface area (Å²) >= 11 is 0. The molecule has 23 heavy (non-hydrogen) atoms. The van der Waals surface area contributed by atoms with Gasteiger partial charge in [-0.1, -0.05) is 60.7 Å². The molecule has 3 N–H and O–H groups in total. The maximum absolute atomic E-state index is 11.7. The van der Waals surface area contributed by atoms with E-state index < -0.39 is 17.9 Å². The monoisotopic (exact) mass is 312 g/mol. The summed E-state index contributed by atoms with van der Waals surface area (Å²) in [6.45, 7) is 0.338. The highest BCUT2D eigenvalue weighted by Gasteiger charge is 2.17. The Morgan fingerprint density at radius 2 is 1.52 bits per heavy atom. The molecule has 0 aliphatic carbocycles. The van der Waals surface area contributed by atoms with Crippen LogP contribution in [0.1, 0.15) is 11.1 Å². The first-order valence-corrected chi connectivity index (χ1v) is 7.43. The van der Waals surface area contributed by atoms with Crippen LogP contribution in [0.4, 0.5) is 4.79 Å². The van der Waals surface area contributed by atoms with Gasteiger partial charge in [0.1, 0.15) is 6.61 Å². The van der Waals surface area contributed by atoms with Crippen molar-refractivity contribution in [1.82, 2.24) is 5.32 Å². The van der Waals surface area contributed by atoms with Gasteiger partial charge in [0.25, 0.3) is 0 Å². The molecular formula is C18H20N2O3. The average Bonchev–Trinajstić information content (AvgIpc) is 2.58. The second kappa shape index (κ2) is 8.58. The van der Waals surface area contributed by atoms with Crippen LogP contribution in [-0.2, 0) is 22.6 Å². The summed E-state index contributed by atoms with van der Waals surface area (Å²) in [5.74, 6) is -0.918. The number of hydrogen-bond donors (Lipinski definition) is 2. The van der Waals surface area contributed by atoms with E-state index in [1.165, 1.54) is 0 Å². The Kier molecular flexibility index (Phi) is 6.17. The summed E-state index contributed by atoms with van der Waals surface area (Å²) in [6, 6.07) is 18.9. The summed E-state index contributed by atoms with van der Waals surface area (Å²) in [4.78, 5) is 23.2. The Labute approximate surface area is 135 Å². The maximum atomic E-state index is 11.7. The van der Waals surface area contributed by atoms with E-state index in [9.17, 15) is 9.59 Å². The van der Waals surface area contributed by atoms with Crippen LogP contribution in [0, 0.1) is 5.92 Å². The van der Waals surface area contributed by atoms with E-state index >= 15 is 0 Å². The van der Waals surface area contributed by atoms with Crippen molar-refractivity contribution < 1.29 is 14.3 Å². The van der Waals surface area contributed by atoms with E-state index in [-0.39, 0.29) is 13.2 Å². The van der Waals surface area contributed by atoms with Crippen molar-refractivity contribution >= 4 is 12.0 Å². The number of rotatable bonds is 7. The first-order valence-electron chi connectivity index (χ1n) is 7.43. The molecule has 2 aromatic rings. The van der Waals surface area contributed by atoms with Gasteiger partial charge in [0.15, 0.2) is 0 Å². The van der Waals surface area contributed by atoms with Gasteiger partial charge in [-0.15, -0.1) is 0 Å². The van der Waals surface area contributed by atoms with Crippen molar-refractivity contribution in [2.45, 2.75) is 13.0 Å². The lowest BCUT2D eigenvalue weighted by atomic mass is 9.99. The minimum Gasteiger partial charge on any atom is -0.445 e. The third-order valence-corrected chi connectivity index (χ3v) is 3.43. The number of ether oxygens (including phenoxy) is 1. The summed E-state index contributed by atoms with van der Waals surface area (Å²) in [5.41, 5.74) is 7.30. The highest BCUT2D eigenvalue weighted by Crippen LogP contribution is 2.08. The van der Waals surface area contributed by atoms with Crippen molar-refractivity contribution in [3.05, 3.63) is 71.8 Å². The zero-order valence-corrected chi connectivity index (χ0v) is 12.8. The predicted molar refractivity (Wildman–Crippen MR) is 87.5 cm³/mol. The molecule has 0 spiro atoms. The van der Waals surface area contributed by atoms with Gasteiger partial charge < -0.3 is 15.8 Å². The molecule has 0 aliphatic rings. The van der Waals surface area contributed by atoms with Gasteiger partial charge in [-0.3, -0.25) is 4.79 Å². The molecule has 0 unspecified atom stereocenters. The molecule has 0 saturated carbocycles. The number of nitrogens with one attached hydrogen (secondary N) is 1. The topological polar surface area (TPSA) is 81.4 Å². The average molecular weight is 312 g/mol. The molecule has 0 fully saturated rings. The van der Waals surface area contributed by atoms with E-state index in [1.807, 2.05) is 60.7 Å².